The molecule has 7 heteroatoms. The maximum Gasteiger partial charge on any atom is 0.424 e. The zero-order valence-corrected chi connectivity index (χ0v) is 12.2. The molecular formula is C14H9ClFNO3S. The Morgan fingerprint density at radius 3 is 2.57 bits per heavy atom. The van der Waals surface area contributed by atoms with E-state index in [4.69, 9.17) is 11.6 Å². The predicted molar refractivity (Wildman–Crippen MR) is 77.3 cm³/mol. The minimum Gasteiger partial charge on any atom is -0.401 e. The van der Waals surface area contributed by atoms with Gasteiger partial charge in [-0.05, 0) is 46.7 Å². The lowest BCUT2D eigenvalue weighted by molar-refractivity contribution is -0.146. The second-order valence-electron chi connectivity index (χ2n) is 4.52. The van der Waals surface area contributed by atoms with Gasteiger partial charge in [0.2, 0.25) is 0 Å². The summed E-state index contributed by atoms with van der Waals surface area (Å²) in [4.78, 5) is 24.7. The Hall–Kier alpha value is -1.92. The van der Waals surface area contributed by atoms with E-state index in [2.05, 4.69) is 4.74 Å². The molecule has 2 aromatic rings. The summed E-state index contributed by atoms with van der Waals surface area (Å²) in [6.45, 7) is 0. The molecule has 4 nitrogen and oxygen atoms in total. The Balaban J connectivity index is 1.89. The lowest BCUT2D eigenvalue weighted by Gasteiger charge is -2.15. The van der Waals surface area contributed by atoms with Gasteiger partial charge in [0.1, 0.15) is 0 Å². The maximum absolute atomic E-state index is 14.7. The number of rotatable bonds is 3. The van der Waals surface area contributed by atoms with Crippen LogP contribution in [0.2, 0.25) is 5.02 Å². The molecule has 1 aromatic heterocycles. The van der Waals surface area contributed by atoms with E-state index in [0.717, 1.165) is 0 Å². The Kier molecular flexibility index (Phi) is 3.43. The van der Waals surface area contributed by atoms with E-state index in [9.17, 15) is 14.0 Å². The average Bonchev–Trinajstić information content (AvgIpc) is 3.00. The fourth-order valence-electron chi connectivity index (χ4n) is 2.06. The van der Waals surface area contributed by atoms with Gasteiger partial charge in [0, 0.05) is 5.02 Å². The van der Waals surface area contributed by atoms with Crippen molar-refractivity contribution in [1.29, 1.82) is 0 Å². The summed E-state index contributed by atoms with van der Waals surface area (Å²) in [6.07, 6.45) is -1.33. The molecule has 0 aliphatic carbocycles. The number of amides is 2. The van der Waals surface area contributed by atoms with Crippen molar-refractivity contribution in [3.63, 3.8) is 0 Å². The molecule has 0 saturated carbocycles. The summed E-state index contributed by atoms with van der Waals surface area (Å²) < 4.78 is 19.4. The van der Waals surface area contributed by atoms with Gasteiger partial charge in [0.15, 0.2) is 0 Å². The second-order valence-corrected chi connectivity index (χ2v) is 5.74. The number of carbonyl (C=O) groups excluding carboxylic acids is 2. The molecule has 0 bridgehead atoms. The minimum atomic E-state index is -2.67. The van der Waals surface area contributed by atoms with Gasteiger partial charge in [0.25, 0.3) is 0 Å². The van der Waals surface area contributed by atoms with Crippen LogP contribution in [0.25, 0.3) is 0 Å². The highest BCUT2D eigenvalue weighted by molar-refractivity contribution is 7.07. The van der Waals surface area contributed by atoms with Gasteiger partial charge in [-0.1, -0.05) is 11.6 Å². The first-order valence-electron chi connectivity index (χ1n) is 6.03. The van der Waals surface area contributed by atoms with Crippen LogP contribution >= 0.6 is 22.9 Å². The SMILES string of the molecule is O=C1OC(F)(Cc2ccsc2)C(=O)N1c1ccc(Cl)cc1. The number of anilines is 1. The van der Waals surface area contributed by atoms with Gasteiger partial charge < -0.3 is 4.74 Å². The molecule has 1 aliphatic rings. The number of carbonyl (C=O) groups is 2. The average molecular weight is 326 g/mol. The Bertz CT molecular complexity index is 689. The van der Waals surface area contributed by atoms with Crippen LogP contribution in [0, 0.1) is 0 Å². The monoisotopic (exact) mass is 325 g/mol. The van der Waals surface area contributed by atoms with Crippen LogP contribution in [0.15, 0.2) is 41.1 Å². The van der Waals surface area contributed by atoms with Crippen LogP contribution in [0.5, 0.6) is 0 Å². The van der Waals surface area contributed by atoms with Gasteiger partial charge in [-0.15, -0.1) is 0 Å². The number of nitrogens with zero attached hydrogens (tertiary/aromatic N) is 1. The van der Waals surface area contributed by atoms with Crippen LogP contribution in [0.4, 0.5) is 14.9 Å². The number of ether oxygens (including phenoxy) is 1. The molecule has 2 heterocycles. The summed E-state index contributed by atoms with van der Waals surface area (Å²) in [7, 11) is 0. The molecule has 2 amide bonds. The van der Waals surface area contributed by atoms with E-state index >= 15 is 0 Å². The van der Waals surface area contributed by atoms with Gasteiger partial charge in [-0.25, -0.2) is 9.69 Å². The molecule has 1 unspecified atom stereocenters. The van der Waals surface area contributed by atoms with Crippen LogP contribution in [-0.2, 0) is 16.0 Å². The summed E-state index contributed by atoms with van der Waals surface area (Å²) in [5, 5.41) is 3.91. The quantitative estimate of drug-likeness (QED) is 0.862. The summed E-state index contributed by atoms with van der Waals surface area (Å²) >= 11 is 7.13. The van der Waals surface area contributed by atoms with Crippen LogP contribution in [0.1, 0.15) is 5.56 Å². The number of halogens is 2. The third-order valence-corrected chi connectivity index (χ3v) is 4.03. The van der Waals surface area contributed by atoms with Crippen molar-refractivity contribution in [2.45, 2.75) is 12.3 Å². The van der Waals surface area contributed by atoms with Crippen molar-refractivity contribution in [1.82, 2.24) is 0 Å². The smallest absolute Gasteiger partial charge is 0.401 e. The summed E-state index contributed by atoms with van der Waals surface area (Å²) in [6, 6.07) is 7.61. The fourth-order valence-corrected chi connectivity index (χ4v) is 2.85. The molecule has 0 N–H and O–H groups in total. The topological polar surface area (TPSA) is 46.6 Å². The molecule has 108 valence electrons. The Morgan fingerprint density at radius 1 is 1.24 bits per heavy atom. The zero-order chi connectivity index (χ0) is 15.0. The zero-order valence-electron chi connectivity index (χ0n) is 10.6. The largest absolute Gasteiger partial charge is 0.424 e. The third-order valence-electron chi connectivity index (χ3n) is 3.05. The molecule has 1 aliphatic heterocycles. The normalized spacial score (nSPS) is 21.7. The van der Waals surface area contributed by atoms with Crippen LogP contribution in [0.3, 0.4) is 0 Å². The molecule has 3 rings (SSSR count). The van der Waals surface area contributed by atoms with Crippen molar-refractivity contribution in [3.05, 3.63) is 51.7 Å². The van der Waals surface area contributed by atoms with Crippen LogP contribution < -0.4 is 4.90 Å². The van der Waals surface area contributed by atoms with Crippen molar-refractivity contribution in [3.8, 4) is 0 Å². The van der Waals surface area contributed by atoms with E-state index in [1.165, 1.54) is 35.6 Å². The van der Waals surface area contributed by atoms with E-state index in [0.29, 0.717) is 15.5 Å². The van der Waals surface area contributed by atoms with Crippen molar-refractivity contribution in [2.24, 2.45) is 0 Å². The van der Waals surface area contributed by atoms with Crippen molar-refractivity contribution < 1.29 is 18.7 Å². The van der Waals surface area contributed by atoms with Crippen LogP contribution in [-0.4, -0.2) is 17.9 Å². The molecule has 1 saturated heterocycles. The van der Waals surface area contributed by atoms with E-state index < -0.39 is 17.9 Å². The first-order chi connectivity index (χ1) is 9.99. The number of benzene rings is 1. The van der Waals surface area contributed by atoms with Crippen molar-refractivity contribution >= 4 is 40.6 Å². The lowest BCUT2D eigenvalue weighted by atomic mass is 10.1. The second kappa shape index (κ2) is 5.13. The van der Waals surface area contributed by atoms with E-state index in [1.807, 2.05) is 0 Å². The van der Waals surface area contributed by atoms with E-state index in [-0.39, 0.29) is 12.1 Å². The number of imide groups is 1. The number of thiophene rings is 1. The standard InChI is InChI=1S/C14H9ClFNO3S/c15-10-1-3-11(4-2-10)17-12(18)14(16,20-13(17)19)7-9-5-6-21-8-9/h1-6,8H,7H2. The molecule has 1 atom stereocenters. The molecule has 0 spiro atoms. The number of alkyl halides is 1. The molecular weight excluding hydrogens is 317 g/mol. The van der Waals surface area contributed by atoms with Gasteiger partial charge >= 0.3 is 17.9 Å². The molecule has 1 fully saturated rings. The highest BCUT2D eigenvalue weighted by Gasteiger charge is 2.55. The minimum absolute atomic E-state index is 0.222. The third kappa shape index (κ3) is 2.52. The Labute approximate surface area is 128 Å². The van der Waals surface area contributed by atoms with Gasteiger partial charge in [-0.2, -0.15) is 15.7 Å². The molecule has 0 radical (unpaired) electrons. The maximum atomic E-state index is 14.7. The molecule has 1 aromatic carbocycles. The summed E-state index contributed by atoms with van der Waals surface area (Å²) in [5.41, 5.74) is 0.820. The highest BCUT2D eigenvalue weighted by Crippen LogP contribution is 2.34. The van der Waals surface area contributed by atoms with Gasteiger partial charge in [-0.3, -0.25) is 4.79 Å². The number of cyclic esters (lactones) is 1. The van der Waals surface area contributed by atoms with E-state index in [1.54, 1.807) is 16.8 Å². The van der Waals surface area contributed by atoms with Gasteiger partial charge in [0.05, 0.1) is 12.1 Å². The summed E-state index contributed by atoms with van der Waals surface area (Å²) in [5.74, 6) is -3.70. The predicted octanol–water partition coefficient (Wildman–Crippen LogP) is 3.79. The number of hydrogen-bond donors (Lipinski definition) is 0. The highest BCUT2D eigenvalue weighted by atomic mass is 35.5. The Morgan fingerprint density at radius 2 is 1.95 bits per heavy atom. The molecule has 21 heavy (non-hydrogen) atoms. The first kappa shape index (κ1) is 14.0. The lowest BCUT2D eigenvalue weighted by Crippen LogP contribution is -2.39. The van der Waals surface area contributed by atoms with Crippen molar-refractivity contribution in [2.75, 3.05) is 4.90 Å². The number of hydrogen-bond acceptors (Lipinski definition) is 4. The fraction of sp³-hybridized carbons (Fsp3) is 0.143. The first-order valence-corrected chi connectivity index (χ1v) is 7.35.